The van der Waals surface area contributed by atoms with Crippen LogP contribution in [0, 0.1) is 10.7 Å². The van der Waals surface area contributed by atoms with E-state index in [0.717, 1.165) is 0 Å². The molecule has 0 radical (unpaired) electrons. The largest absolute Gasteiger partial charge is 0.269 e. The predicted molar refractivity (Wildman–Crippen MR) is 44.3 cm³/mol. The van der Waals surface area contributed by atoms with Crippen molar-refractivity contribution in [2.45, 2.75) is 4.90 Å². The number of thiocyanates is 1. The highest BCUT2D eigenvalue weighted by Gasteiger charge is 2.11. The zero-order valence-electron chi connectivity index (χ0n) is 5.86. The summed E-state index contributed by atoms with van der Waals surface area (Å²) in [6.45, 7) is 0. The van der Waals surface area contributed by atoms with Gasteiger partial charge in [-0.15, -0.1) is 0 Å². The number of nitrogens with zero attached hydrogens (tertiary/aromatic N) is 1. The van der Waals surface area contributed by atoms with Crippen LogP contribution in [0.25, 0.3) is 0 Å². The van der Waals surface area contributed by atoms with Crippen molar-refractivity contribution < 1.29 is 8.42 Å². The summed E-state index contributed by atoms with van der Waals surface area (Å²) in [6, 6.07) is 5.58. The van der Waals surface area contributed by atoms with E-state index in [-0.39, 0.29) is 4.90 Å². The molecule has 0 aromatic heterocycles. The lowest BCUT2D eigenvalue weighted by molar-refractivity contribution is 0.605. The lowest BCUT2D eigenvalue weighted by Gasteiger charge is -1.94. The number of benzene rings is 1. The number of rotatable bonds is 1. The van der Waals surface area contributed by atoms with Gasteiger partial charge in [0.15, 0.2) is 5.40 Å². The van der Waals surface area contributed by atoms with E-state index in [1.54, 1.807) is 0 Å². The molecule has 0 spiro atoms. The van der Waals surface area contributed by atoms with Crippen LogP contribution in [-0.2, 0) is 9.84 Å². The molecule has 0 aliphatic carbocycles. The molecule has 3 nitrogen and oxygen atoms in total. The Morgan fingerprint density at radius 3 is 2.58 bits per heavy atom. The van der Waals surface area contributed by atoms with Gasteiger partial charge in [-0.2, -0.15) is 5.26 Å². The Morgan fingerprint density at radius 2 is 2.08 bits per heavy atom. The zero-order valence-corrected chi connectivity index (χ0v) is 7.43. The molecule has 0 N–H and O–H groups in total. The lowest BCUT2D eigenvalue weighted by Crippen LogP contribution is -1.95. The predicted octanol–water partition coefficient (Wildman–Crippen LogP) is 1.59. The van der Waals surface area contributed by atoms with E-state index >= 15 is 0 Å². The van der Waals surface area contributed by atoms with Gasteiger partial charge in [0.25, 0.3) is 9.84 Å². The molecule has 0 fully saturated rings. The summed E-state index contributed by atoms with van der Waals surface area (Å²) >= 11 is 5.53. The van der Waals surface area contributed by atoms with E-state index < -0.39 is 9.84 Å². The molecular formula is C7H4ClNO2S. The number of halogens is 1. The van der Waals surface area contributed by atoms with Crippen LogP contribution in [0.4, 0.5) is 0 Å². The Bertz CT molecular complexity index is 433. The first-order chi connectivity index (χ1) is 5.56. The molecule has 0 saturated carbocycles. The van der Waals surface area contributed by atoms with Gasteiger partial charge in [-0.05, 0) is 18.2 Å². The standard InChI is InChI=1S/C7H4ClNO2S/c8-6-2-1-3-7(4-6)12(10,11)5-9/h1-4H. The monoisotopic (exact) mass is 201 g/mol. The van der Waals surface area contributed by atoms with E-state index in [0.29, 0.717) is 5.02 Å². The molecule has 0 aliphatic heterocycles. The summed E-state index contributed by atoms with van der Waals surface area (Å²) in [4.78, 5) is -0.0718. The van der Waals surface area contributed by atoms with Crippen molar-refractivity contribution in [3.63, 3.8) is 0 Å². The van der Waals surface area contributed by atoms with Gasteiger partial charge in [-0.3, -0.25) is 0 Å². The number of sulfone groups is 1. The van der Waals surface area contributed by atoms with Crippen molar-refractivity contribution in [3.05, 3.63) is 29.3 Å². The Balaban J connectivity index is 3.33. The fraction of sp³-hybridized carbons (Fsp3) is 0. The van der Waals surface area contributed by atoms with Gasteiger partial charge in [0, 0.05) is 5.02 Å². The molecule has 1 aromatic carbocycles. The Hall–Kier alpha value is -1.05. The van der Waals surface area contributed by atoms with Crippen molar-refractivity contribution >= 4 is 21.4 Å². The third-order valence-electron chi connectivity index (χ3n) is 1.23. The van der Waals surface area contributed by atoms with Crippen LogP contribution in [0.1, 0.15) is 0 Å². The van der Waals surface area contributed by atoms with Crippen LogP contribution in [0.3, 0.4) is 0 Å². The summed E-state index contributed by atoms with van der Waals surface area (Å²) in [5.41, 5.74) is 0. The van der Waals surface area contributed by atoms with Gasteiger partial charge in [0.1, 0.15) is 0 Å². The van der Waals surface area contributed by atoms with Crippen LogP contribution in [0.5, 0.6) is 0 Å². The summed E-state index contributed by atoms with van der Waals surface area (Å²) in [5, 5.41) is 9.75. The van der Waals surface area contributed by atoms with Crippen molar-refractivity contribution in [1.82, 2.24) is 0 Å². The number of hydrogen-bond acceptors (Lipinski definition) is 3. The summed E-state index contributed by atoms with van der Waals surface area (Å²) in [6.07, 6.45) is 0. The summed E-state index contributed by atoms with van der Waals surface area (Å²) in [7, 11) is -3.80. The van der Waals surface area contributed by atoms with Gasteiger partial charge in [-0.25, -0.2) is 8.42 Å². The number of hydrogen-bond donors (Lipinski definition) is 0. The molecule has 0 bridgehead atoms. The molecule has 62 valence electrons. The normalized spacial score (nSPS) is 10.7. The molecule has 1 aromatic rings. The van der Waals surface area contributed by atoms with Crippen LogP contribution >= 0.6 is 11.6 Å². The Kier molecular flexibility index (Phi) is 2.36. The molecule has 0 heterocycles. The van der Waals surface area contributed by atoms with Crippen LogP contribution in [0.15, 0.2) is 29.2 Å². The molecule has 0 amide bonds. The van der Waals surface area contributed by atoms with Crippen LogP contribution < -0.4 is 0 Å². The second kappa shape index (κ2) is 3.13. The van der Waals surface area contributed by atoms with Gasteiger partial charge >= 0.3 is 0 Å². The average Bonchev–Trinajstić information content (AvgIpc) is 2.05. The maximum absolute atomic E-state index is 10.9. The Labute approximate surface area is 75.1 Å². The van der Waals surface area contributed by atoms with Gasteiger partial charge in [0.05, 0.1) is 4.90 Å². The van der Waals surface area contributed by atoms with E-state index in [1.807, 2.05) is 0 Å². The van der Waals surface area contributed by atoms with Crippen LogP contribution in [0.2, 0.25) is 5.02 Å². The minimum Gasteiger partial charge on any atom is -0.208 e. The topological polar surface area (TPSA) is 57.9 Å². The first kappa shape index (κ1) is 9.04. The third-order valence-corrected chi connectivity index (χ3v) is 2.58. The fourth-order valence-corrected chi connectivity index (χ4v) is 1.59. The lowest BCUT2D eigenvalue weighted by atomic mass is 10.4. The minimum atomic E-state index is -3.80. The molecule has 0 unspecified atom stereocenters. The van der Waals surface area contributed by atoms with Crippen molar-refractivity contribution in [2.75, 3.05) is 0 Å². The van der Waals surface area contributed by atoms with E-state index in [2.05, 4.69) is 0 Å². The molecular weight excluding hydrogens is 198 g/mol. The second-order valence-electron chi connectivity index (χ2n) is 2.05. The first-order valence-corrected chi connectivity index (χ1v) is 4.84. The minimum absolute atomic E-state index is 0.0718. The van der Waals surface area contributed by atoms with Crippen LogP contribution in [-0.4, -0.2) is 8.42 Å². The molecule has 0 saturated heterocycles. The van der Waals surface area contributed by atoms with Gasteiger partial charge < -0.3 is 0 Å². The highest BCUT2D eigenvalue weighted by molar-refractivity contribution is 7.95. The highest BCUT2D eigenvalue weighted by Crippen LogP contribution is 2.15. The third kappa shape index (κ3) is 1.76. The van der Waals surface area contributed by atoms with Crippen molar-refractivity contribution in [3.8, 4) is 5.40 Å². The zero-order chi connectivity index (χ0) is 9.19. The summed E-state index contributed by atoms with van der Waals surface area (Å²) in [5.74, 6) is 0. The highest BCUT2D eigenvalue weighted by atomic mass is 35.5. The van der Waals surface area contributed by atoms with Crippen molar-refractivity contribution in [1.29, 1.82) is 5.26 Å². The molecule has 0 aliphatic rings. The maximum atomic E-state index is 10.9. The quantitative estimate of drug-likeness (QED) is 0.512. The average molecular weight is 202 g/mol. The van der Waals surface area contributed by atoms with Gasteiger partial charge in [-0.1, -0.05) is 17.7 Å². The molecule has 5 heteroatoms. The van der Waals surface area contributed by atoms with E-state index in [4.69, 9.17) is 16.9 Å². The smallest absolute Gasteiger partial charge is 0.208 e. The van der Waals surface area contributed by atoms with E-state index in [1.165, 1.54) is 29.7 Å². The van der Waals surface area contributed by atoms with Gasteiger partial charge in [0.2, 0.25) is 0 Å². The second-order valence-corrected chi connectivity index (χ2v) is 4.15. The maximum Gasteiger partial charge on any atom is 0.269 e. The Morgan fingerprint density at radius 1 is 1.42 bits per heavy atom. The summed E-state index contributed by atoms with van der Waals surface area (Å²) < 4.78 is 21.9. The molecule has 0 atom stereocenters. The fourth-order valence-electron chi connectivity index (χ4n) is 0.687. The first-order valence-electron chi connectivity index (χ1n) is 2.98. The number of nitriles is 1. The van der Waals surface area contributed by atoms with Crippen molar-refractivity contribution in [2.24, 2.45) is 0 Å². The molecule has 12 heavy (non-hydrogen) atoms. The SMILES string of the molecule is N#CS(=O)(=O)c1cccc(Cl)c1. The van der Waals surface area contributed by atoms with E-state index in [9.17, 15) is 8.42 Å². The molecule has 1 rings (SSSR count).